The number of hydrogen-bond acceptors (Lipinski definition) is 6. The van der Waals surface area contributed by atoms with Crippen LogP contribution in [0.1, 0.15) is 25.2 Å². The van der Waals surface area contributed by atoms with Gasteiger partial charge in [-0.25, -0.2) is 0 Å². The monoisotopic (exact) mass is 336 g/mol. The molecule has 0 bridgehead atoms. The molecule has 2 N–H and O–H groups in total. The molecule has 0 saturated heterocycles. The van der Waals surface area contributed by atoms with E-state index in [-0.39, 0.29) is 19.5 Å². The fraction of sp³-hybridized carbons (Fsp3) is 0.143. The summed E-state index contributed by atoms with van der Waals surface area (Å²) < 4.78 is 0. The molecule has 0 amide bonds. The first-order valence-corrected chi connectivity index (χ1v) is 5.89. The number of hydrogen-bond donors (Lipinski definition) is 2. The summed E-state index contributed by atoms with van der Waals surface area (Å²) in [4.78, 5) is 7.92. The Morgan fingerprint density at radius 1 is 0.810 bits per heavy atom. The zero-order valence-electron chi connectivity index (χ0n) is 12.0. The van der Waals surface area contributed by atoms with Crippen molar-refractivity contribution in [3.63, 3.8) is 0 Å². The van der Waals surface area contributed by atoms with E-state index >= 15 is 0 Å². The van der Waals surface area contributed by atoms with E-state index in [1.807, 2.05) is 24.3 Å². The summed E-state index contributed by atoms with van der Waals surface area (Å²) in [7, 11) is 0. The molecule has 0 unspecified atom stereocenters. The molecule has 0 spiro atoms. The molecule has 21 heavy (non-hydrogen) atoms. The predicted octanol–water partition coefficient (Wildman–Crippen LogP) is 2.56. The van der Waals surface area contributed by atoms with Crippen LogP contribution in [0.25, 0.3) is 0 Å². The number of rotatable bonds is 2. The summed E-state index contributed by atoms with van der Waals surface area (Å²) in [5.74, 6) is 0. The first kappa shape index (κ1) is 18.9. The Balaban J connectivity index is 0.000000364. The van der Waals surface area contributed by atoms with Crippen molar-refractivity contribution < 1.29 is 29.9 Å². The van der Waals surface area contributed by atoms with Gasteiger partial charge in [-0.15, -0.1) is 0 Å². The van der Waals surface area contributed by atoms with Crippen LogP contribution in [0.5, 0.6) is 0 Å². The Morgan fingerprint density at radius 3 is 1.43 bits per heavy atom. The summed E-state index contributed by atoms with van der Waals surface area (Å²) in [6.07, 6.45) is 3.31. The summed E-state index contributed by atoms with van der Waals surface area (Å²) in [6.45, 7) is 3.39. The van der Waals surface area contributed by atoms with E-state index < -0.39 is 0 Å². The van der Waals surface area contributed by atoms with Crippen LogP contribution in [0.15, 0.2) is 59.1 Å². The van der Waals surface area contributed by atoms with Crippen molar-refractivity contribution in [3.8, 4) is 0 Å². The van der Waals surface area contributed by atoms with Crippen molar-refractivity contribution in [1.82, 2.24) is 9.97 Å². The molecule has 106 valence electrons. The minimum atomic E-state index is 0. The number of aromatic nitrogens is 2. The summed E-state index contributed by atoms with van der Waals surface area (Å²) in [5, 5.41) is 22.7. The van der Waals surface area contributed by atoms with Crippen molar-refractivity contribution in [2.24, 2.45) is 10.3 Å². The van der Waals surface area contributed by atoms with Crippen molar-refractivity contribution in [2.75, 3.05) is 0 Å². The maximum atomic E-state index is 8.34. The minimum Gasteiger partial charge on any atom is -0.411 e. The van der Waals surface area contributed by atoms with E-state index in [4.69, 9.17) is 10.4 Å². The normalized spacial score (nSPS) is 11.0. The van der Waals surface area contributed by atoms with Crippen molar-refractivity contribution in [3.05, 3.63) is 60.2 Å². The van der Waals surface area contributed by atoms with Crippen LogP contribution in [-0.2, 0) is 19.5 Å². The second kappa shape index (κ2) is 10.6. The Morgan fingerprint density at radius 2 is 1.19 bits per heavy atom. The molecular weight excluding hydrogens is 322 g/mol. The zero-order chi connectivity index (χ0) is 14.8. The molecule has 0 aliphatic rings. The first-order valence-electron chi connectivity index (χ1n) is 5.89. The summed E-state index contributed by atoms with van der Waals surface area (Å²) >= 11 is 0. The smallest absolute Gasteiger partial charge is 0.102 e. The molecule has 0 aromatic carbocycles. The van der Waals surface area contributed by atoms with Crippen LogP contribution in [-0.4, -0.2) is 31.8 Å². The van der Waals surface area contributed by atoms with Gasteiger partial charge in [0.25, 0.3) is 0 Å². The van der Waals surface area contributed by atoms with Crippen LogP contribution >= 0.6 is 0 Å². The number of oxime groups is 2. The van der Waals surface area contributed by atoms with Gasteiger partial charge in [-0.3, -0.25) is 9.97 Å². The molecule has 0 aliphatic carbocycles. The summed E-state index contributed by atoms with van der Waals surface area (Å²) in [6, 6.07) is 10.9. The predicted molar refractivity (Wildman–Crippen MR) is 76.5 cm³/mol. The Bertz CT molecular complexity index is 521. The van der Waals surface area contributed by atoms with Crippen LogP contribution < -0.4 is 0 Å². The van der Waals surface area contributed by atoms with E-state index in [1.54, 1.807) is 38.4 Å². The van der Waals surface area contributed by atoms with Gasteiger partial charge < -0.3 is 10.4 Å². The van der Waals surface area contributed by atoms with Gasteiger partial charge in [-0.2, -0.15) is 0 Å². The molecule has 2 rings (SSSR count). The molecule has 2 aromatic heterocycles. The third kappa shape index (κ3) is 6.72. The second-order valence-corrected chi connectivity index (χ2v) is 3.80. The van der Waals surface area contributed by atoms with Gasteiger partial charge >= 0.3 is 0 Å². The molecular formula is C14H16N4O2Zn. The van der Waals surface area contributed by atoms with Gasteiger partial charge in [0.15, 0.2) is 0 Å². The largest absolute Gasteiger partial charge is 0.411 e. The SMILES string of the molecule is C/C(=N/O)c1ccccn1.C/C(=N/O)c1ccccn1.[Zn]. The topological polar surface area (TPSA) is 91.0 Å². The van der Waals surface area contributed by atoms with Crippen molar-refractivity contribution in [2.45, 2.75) is 13.8 Å². The number of pyridine rings is 2. The molecule has 0 atom stereocenters. The van der Waals surface area contributed by atoms with Crippen LogP contribution in [0.2, 0.25) is 0 Å². The van der Waals surface area contributed by atoms with Gasteiger partial charge in [0.05, 0.1) is 11.4 Å². The fourth-order valence-electron chi connectivity index (χ4n) is 1.26. The second-order valence-electron chi connectivity index (χ2n) is 3.80. The molecule has 6 nitrogen and oxygen atoms in total. The van der Waals surface area contributed by atoms with E-state index in [9.17, 15) is 0 Å². The van der Waals surface area contributed by atoms with E-state index in [0.29, 0.717) is 22.8 Å². The van der Waals surface area contributed by atoms with E-state index in [2.05, 4.69) is 20.3 Å². The van der Waals surface area contributed by atoms with Gasteiger partial charge in [0.1, 0.15) is 11.4 Å². The summed E-state index contributed by atoms with van der Waals surface area (Å²) in [5.41, 5.74) is 2.45. The van der Waals surface area contributed by atoms with Crippen LogP contribution in [0, 0.1) is 0 Å². The number of nitrogens with zero attached hydrogens (tertiary/aromatic N) is 4. The average Bonchev–Trinajstić information content (AvgIpc) is 2.55. The third-order valence-electron chi connectivity index (χ3n) is 2.37. The molecule has 7 heteroatoms. The van der Waals surface area contributed by atoms with Gasteiger partial charge in [0.2, 0.25) is 0 Å². The van der Waals surface area contributed by atoms with Crippen LogP contribution in [0.3, 0.4) is 0 Å². The van der Waals surface area contributed by atoms with Crippen molar-refractivity contribution in [1.29, 1.82) is 0 Å². The van der Waals surface area contributed by atoms with Gasteiger partial charge in [0, 0.05) is 31.9 Å². The quantitative estimate of drug-likeness (QED) is 0.381. The molecule has 0 fully saturated rings. The molecule has 0 saturated carbocycles. The van der Waals surface area contributed by atoms with Crippen LogP contribution in [0.4, 0.5) is 0 Å². The zero-order valence-corrected chi connectivity index (χ0v) is 15.0. The molecule has 0 aliphatic heterocycles. The maximum Gasteiger partial charge on any atom is 0.102 e. The van der Waals surface area contributed by atoms with Gasteiger partial charge in [-0.05, 0) is 38.1 Å². The Kier molecular flexibility index (Phi) is 9.55. The fourth-order valence-corrected chi connectivity index (χ4v) is 1.26. The Hall–Kier alpha value is -2.14. The molecule has 0 radical (unpaired) electrons. The standard InChI is InChI=1S/2C7H8N2O.Zn/c2*1-6(9-10)7-4-2-3-5-8-7;/h2*2-5,10H,1H3;/b2*9-6-;. The molecule has 2 heterocycles. The minimum absolute atomic E-state index is 0. The first-order chi connectivity index (χ1) is 9.69. The maximum absolute atomic E-state index is 8.34. The van der Waals surface area contributed by atoms with Crippen molar-refractivity contribution >= 4 is 11.4 Å². The van der Waals surface area contributed by atoms with Gasteiger partial charge in [-0.1, -0.05) is 22.4 Å². The third-order valence-corrected chi connectivity index (χ3v) is 2.37. The Labute approximate surface area is 136 Å². The van der Waals surface area contributed by atoms with E-state index in [0.717, 1.165) is 0 Å². The molecule has 2 aromatic rings. The average molecular weight is 338 g/mol. The van der Waals surface area contributed by atoms with E-state index in [1.165, 1.54) is 0 Å².